The van der Waals surface area contributed by atoms with Crippen molar-refractivity contribution in [1.29, 1.82) is 0 Å². The molecule has 18 heavy (non-hydrogen) atoms. The van der Waals surface area contributed by atoms with E-state index in [0.717, 1.165) is 0 Å². The first-order valence-corrected chi connectivity index (χ1v) is 5.33. The van der Waals surface area contributed by atoms with Crippen LogP contribution >= 0.6 is 0 Å². The van der Waals surface area contributed by atoms with Crippen LogP contribution < -0.4 is 11.1 Å². The van der Waals surface area contributed by atoms with Crippen LogP contribution in [0.1, 0.15) is 18.0 Å². The van der Waals surface area contributed by atoms with Gasteiger partial charge in [-0.2, -0.15) is 0 Å². The van der Waals surface area contributed by atoms with E-state index in [1.54, 1.807) is 30.3 Å². The number of nitrogens with two attached hydrogens (primary N) is 1. The van der Waals surface area contributed by atoms with Crippen molar-refractivity contribution in [3.63, 3.8) is 0 Å². The summed E-state index contributed by atoms with van der Waals surface area (Å²) in [6.45, 7) is 0. The molecule has 2 unspecified atom stereocenters. The second kappa shape index (κ2) is 6.42. The molecule has 0 radical (unpaired) electrons. The quantitative estimate of drug-likeness (QED) is 0.651. The number of hydrogen-bond donors (Lipinski definition) is 3. The fourth-order valence-electron chi connectivity index (χ4n) is 1.39. The molecular formula is C13H14N2O3. The van der Waals surface area contributed by atoms with Gasteiger partial charge < -0.3 is 16.2 Å². The number of hydrogen-bond acceptors (Lipinski definition) is 3. The molecule has 0 bridgehead atoms. The topological polar surface area (TPSA) is 92.4 Å². The number of benzene rings is 1. The number of carboxylic acid groups (broad SMARTS) is 1. The molecule has 0 saturated heterocycles. The molecule has 5 nitrogen and oxygen atoms in total. The second-order valence-electron chi connectivity index (χ2n) is 3.70. The van der Waals surface area contributed by atoms with Gasteiger partial charge in [0.15, 0.2) is 0 Å². The third-order valence-electron chi connectivity index (χ3n) is 2.38. The first-order valence-electron chi connectivity index (χ1n) is 5.33. The van der Waals surface area contributed by atoms with Gasteiger partial charge in [0.1, 0.15) is 12.1 Å². The second-order valence-corrected chi connectivity index (χ2v) is 3.70. The smallest absolute Gasteiger partial charge is 0.327 e. The summed E-state index contributed by atoms with van der Waals surface area (Å²) >= 11 is 0. The van der Waals surface area contributed by atoms with Gasteiger partial charge in [-0.3, -0.25) is 4.79 Å². The zero-order valence-electron chi connectivity index (χ0n) is 9.67. The Morgan fingerprint density at radius 2 is 2.00 bits per heavy atom. The molecule has 0 saturated carbocycles. The lowest BCUT2D eigenvalue weighted by Crippen LogP contribution is -2.44. The van der Waals surface area contributed by atoms with Gasteiger partial charge in [0.05, 0.1) is 0 Å². The highest BCUT2D eigenvalue weighted by Crippen LogP contribution is 2.09. The van der Waals surface area contributed by atoms with Gasteiger partial charge in [0.2, 0.25) is 5.91 Å². The zero-order chi connectivity index (χ0) is 13.5. The molecule has 0 aromatic heterocycles. The van der Waals surface area contributed by atoms with Gasteiger partial charge in [0.25, 0.3) is 0 Å². The molecule has 4 N–H and O–H groups in total. The summed E-state index contributed by atoms with van der Waals surface area (Å²) in [6, 6.07) is 6.66. The van der Waals surface area contributed by atoms with E-state index in [1.165, 1.54) is 0 Å². The van der Waals surface area contributed by atoms with Crippen LogP contribution in [0.5, 0.6) is 0 Å². The summed E-state index contributed by atoms with van der Waals surface area (Å²) in [5.41, 5.74) is 6.34. The number of carbonyl (C=O) groups is 2. The Kier molecular flexibility index (Phi) is 4.90. The van der Waals surface area contributed by atoms with Gasteiger partial charge in [-0.05, 0) is 5.56 Å². The van der Waals surface area contributed by atoms with Crippen molar-refractivity contribution in [3.8, 4) is 12.3 Å². The maximum absolute atomic E-state index is 11.8. The first-order chi connectivity index (χ1) is 8.56. The highest BCUT2D eigenvalue weighted by Gasteiger charge is 2.23. The first kappa shape index (κ1) is 13.7. The molecule has 0 fully saturated rings. The molecule has 0 aliphatic rings. The molecule has 0 aliphatic heterocycles. The van der Waals surface area contributed by atoms with Crippen molar-refractivity contribution in [2.45, 2.75) is 18.5 Å². The van der Waals surface area contributed by atoms with Crippen LogP contribution in [0.4, 0.5) is 0 Å². The molecule has 5 heteroatoms. The third-order valence-corrected chi connectivity index (χ3v) is 2.38. The van der Waals surface area contributed by atoms with Crippen molar-refractivity contribution >= 4 is 11.9 Å². The number of rotatable bonds is 5. The summed E-state index contributed by atoms with van der Waals surface area (Å²) in [6.07, 6.45) is 4.95. The average Bonchev–Trinajstić information content (AvgIpc) is 2.38. The Balaban J connectivity index is 2.70. The zero-order valence-corrected chi connectivity index (χ0v) is 9.67. The van der Waals surface area contributed by atoms with E-state index < -0.39 is 24.0 Å². The number of carboxylic acids is 1. The Morgan fingerprint density at radius 1 is 1.39 bits per heavy atom. The lowest BCUT2D eigenvalue weighted by Gasteiger charge is -2.16. The standard InChI is InChI=1S/C13H14N2O3/c1-2-6-10(13(17)18)15-12(16)11(14)9-7-4-3-5-8-9/h1,3-5,7-8,10-11H,6,14H2,(H,15,16)(H,17,18). The van der Waals surface area contributed by atoms with Crippen molar-refractivity contribution < 1.29 is 14.7 Å². The summed E-state index contributed by atoms with van der Waals surface area (Å²) in [5.74, 6) is 0.452. The van der Waals surface area contributed by atoms with Gasteiger partial charge in [-0.15, -0.1) is 12.3 Å². The summed E-state index contributed by atoms with van der Waals surface area (Å²) < 4.78 is 0. The van der Waals surface area contributed by atoms with E-state index in [0.29, 0.717) is 5.56 Å². The molecule has 0 spiro atoms. The minimum Gasteiger partial charge on any atom is -0.480 e. The summed E-state index contributed by atoms with van der Waals surface area (Å²) in [7, 11) is 0. The predicted octanol–water partition coefficient (Wildman–Crippen LogP) is 0.279. The van der Waals surface area contributed by atoms with Crippen molar-refractivity contribution in [3.05, 3.63) is 35.9 Å². The molecule has 1 amide bonds. The van der Waals surface area contributed by atoms with Gasteiger partial charge >= 0.3 is 5.97 Å². The highest BCUT2D eigenvalue weighted by molar-refractivity contribution is 5.87. The monoisotopic (exact) mass is 246 g/mol. The predicted molar refractivity (Wildman–Crippen MR) is 66.4 cm³/mol. The largest absolute Gasteiger partial charge is 0.480 e. The van der Waals surface area contributed by atoms with Crippen molar-refractivity contribution in [2.24, 2.45) is 5.73 Å². The Morgan fingerprint density at radius 3 is 2.50 bits per heavy atom. The minimum absolute atomic E-state index is 0.0808. The Bertz CT molecular complexity index is 465. The molecule has 2 atom stereocenters. The molecule has 0 aliphatic carbocycles. The van der Waals surface area contributed by atoms with E-state index in [-0.39, 0.29) is 6.42 Å². The van der Waals surface area contributed by atoms with Crippen LogP contribution in [-0.4, -0.2) is 23.0 Å². The average molecular weight is 246 g/mol. The number of nitrogens with one attached hydrogen (secondary N) is 1. The lowest BCUT2D eigenvalue weighted by molar-refractivity contribution is -0.141. The Hall–Kier alpha value is -2.32. The Labute approximate surface area is 105 Å². The van der Waals surface area contributed by atoms with Crippen LogP contribution in [0.2, 0.25) is 0 Å². The molecule has 1 aromatic carbocycles. The van der Waals surface area contributed by atoms with E-state index in [2.05, 4.69) is 11.2 Å². The van der Waals surface area contributed by atoms with E-state index >= 15 is 0 Å². The van der Waals surface area contributed by atoms with E-state index in [9.17, 15) is 9.59 Å². The van der Waals surface area contributed by atoms with Crippen LogP contribution in [0, 0.1) is 12.3 Å². The molecular weight excluding hydrogens is 232 g/mol. The van der Waals surface area contributed by atoms with E-state index in [1.807, 2.05) is 0 Å². The van der Waals surface area contributed by atoms with E-state index in [4.69, 9.17) is 17.3 Å². The molecule has 1 rings (SSSR count). The maximum Gasteiger partial charge on any atom is 0.327 e. The van der Waals surface area contributed by atoms with Crippen molar-refractivity contribution in [1.82, 2.24) is 5.32 Å². The number of aliphatic carboxylic acids is 1. The summed E-state index contributed by atoms with van der Waals surface area (Å²) in [5, 5.41) is 11.2. The van der Waals surface area contributed by atoms with Crippen LogP contribution in [0.3, 0.4) is 0 Å². The molecule has 94 valence electrons. The number of carbonyl (C=O) groups excluding carboxylic acids is 1. The summed E-state index contributed by atoms with van der Waals surface area (Å²) in [4.78, 5) is 22.6. The normalized spacial score (nSPS) is 13.1. The fraction of sp³-hybridized carbons (Fsp3) is 0.231. The van der Waals surface area contributed by atoms with Crippen LogP contribution in [0.25, 0.3) is 0 Å². The lowest BCUT2D eigenvalue weighted by atomic mass is 10.1. The molecule has 0 heterocycles. The van der Waals surface area contributed by atoms with Crippen molar-refractivity contribution in [2.75, 3.05) is 0 Å². The minimum atomic E-state index is -1.18. The van der Waals surface area contributed by atoms with Gasteiger partial charge in [-0.1, -0.05) is 30.3 Å². The SMILES string of the molecule is C#CCC(NC(=O)C(N)c1ccccc1)C(=O)O. The number of terminal acetylenes is 1. The van der Waals surface area contributed by atoms with Gasteiger partial charge in [0, 0.05) is 6.42 Å². The number of amides is 1. The van der Waals surface area contributed by atoms with Gasteiger partial charge in [-0.25, -0.2) is 4.79 Å². The van der Waals surface area contributed by atoms with Crippen LogP contribution in [-0.2, 0) is 9.59 Å². The molecule has 1 aromatic rings. The fourth-order valence-corrected chi connectivity index (χ4v) is 1.39. The maximum atomic E-state index is 11.8. The third kappa shape index (κ3) is 3.61. The van der Waals surface area contributed by atoms with Crippen LogP contribution in [0.15, 0.2) is 30.3 Å². The highest BCUT2D eigenvalue weighted by atomic mass is 16.4.